The molecule has 5 nitrogen and oxygen atoms in total. The van der Waals surface area contributed by atoms with Gasteiger partial charge in [-0.1, -0.05) is 0 Å². The maximum atomic E-state index is 8.97. The number of aryl methyl sites for hydroxylation is 1. The van der Waals surface area contributed by atoms with E-state index in [0.717, 1.165) is 31.7 Å². The van der Waals surface area contributed by atoms with Gasteiger partial charge >= 0.3 is 0 Å². The molecule has 0 saturated heterocycles. The molecular weight excluding hydrogens is 242 g/mol. The van der Waals surface area contributed by atoms with Crippen LogP contribution in [0.1, 0.15) is 24.1 Å². The fourth-order valence-electron chi connectivity index (χ4n) is 1.56. The number of anilines is 1. The highest BCUT2D eigenvalue weighted by molar-refractivity contribution is 5.52. The Morgan fingerprint density at radius 2 is 2.11 bits per heavy atom. The predicted octanol–water partition coefficient (Wildman–Crippen LogP) is 2.12. The molecule has 1 aromatic rings. The van der Waals surface area contributed by atoms with Crippen molar-refractivity contribution in [3.8, 4) is 6.07 Å². The Morgan fingerprint density at radius 1 is 1.26 bits per heavy atom. The molecule has 0 atom stereocenters. The summed E-state index contributed by atoms with van der Waals surface area (Å²) in [6.45, 7) is 4.71. The first-order valence-electron chi connectivity index (χ1n) is 6.46. The number of methoxy groups -OCH3 is 1. The SMILES string of the molecule is COCCOCCCCNc1nc(C)ccc1C#N. The molecule has 19 heavy (non-hydrogen) atoms. The molecule has 0 radical (unpaired) electrons. The Morgan fingerprint density at radius 3 is 2.84 bits per heavy atom. The van der Waals surface area contributed by atoms with E-state index in [2.05, 4.69) is 16.4 Å². The lowest BCUT2D eigenvalue weighted by Crippen LogP contribution is -2.08. The fourth-order valence-corrected chi connectivity index (χ4v) is 1.56. The van der Waals surface area contributed by atoms with Gasteiger partial charge in [-0.25, -0.2) is 4.98 Å². The molecule has 0 fully saturated rings. The third-order valence-corrected chi connectivity index (χ3v) is 2.59. The van der Waals surface area contributed by atoms with Crippen molar-refractivity contribution in [1.82, 2.24) is 4.98 Å². The van der Waals surface area contributed by atoms with Crippen LogP contribution >= 0.6 is 0 Å². The van der Waals surface area contributed by atoms with E-state index in [-0.39, 0.29) is 0 Å². The molecule has 0 aliphatic carbocycles. The largest absolute Gasteiger partial charge is 0.382 e. The highest BCUT2D eigenvalue weighted by Gasteiger charge is 2.02. The third-order valence-electron chi connectivity index (χ3n) is 2.59. The Kier molecular flexibility index (Phi) is 7.56. The summed E-state index contributed by atoms with van der Waals surface area (Å²) in [5.41, 5.74) is 1.49. The zero-order valence-electron chi connectivity index (χ0n) is 11.6. The summed E-state index contributed by atoms with van der Waals surface area (Å²) in [5.74, 6) is 0.669. The van der Waals surface area contributed by atoms with Crippen LogP contribution in [0, 0.1) is 18.3 Å². The van der Waals surface area contributed by atoms with E-state index in [1.165, 1.54) is 0 Å². The molecule has 0 aromatic carbocycles. The molecule has 0 amide bonds. The van der Waals surface area contributed by atoms with Gasteiger partial charge in [0.25, 0.3) is 0 Å². The highest BCUT2D eigenvalue weighted by atomic mass is 16.5. The first-order chi connectivity index (χ1) is 9.27. The van der Waals surface area contributed by atoms with E-state index in [1.54, 1.807) is 13.2 Å². The quantitative estimate of drug-likeness (QED) is 0.691. The zero-order chi connectivity index (χ0) is 13.9. The molecule has 0 unspecified atom stereocenters. The topological polar surface area (TPSA) is 67.2 Å². The lowest BCUT2D eigenvalue weighted by Gasteiger charge is -2.08. The van der Waals surface area contributed by atoms with Crippen LogP contribution < -0.4 is 5.32 Å². The van der Waals surface area contributed by atoms with Crippen LogP contribution in [0.4, 0.5) is 5.82 Å². The number of pyridine rings is 1. The smallest absolute Gasteiger partial charge is 0.144 e. The average Bonchev–Trinajstić information content (AvgIpc) is 2.42. The Hall–Kier alpha value is -1.64. The van der Waals surface area contributed by atoms with Crippen molar-refractivity contribution < 1.29 is 9.47 Å². The average molecular weight is 263 g/mol. The fraction of sp³-hybridized carbons (Fsp3) is 0.571. The van der Waals surface area contributed by atoms with Crippen molar-refractivity contribution in [3.63, 3.8) is 0 Å². The second-order valence-corrected chi connectivity index (χ2v) is 4.20. The van der Waals surface area contributed by atoms with Crippen molar-refractivity contribution >= 4 is 5.82 Å². The standard InChI is InChI=1S/C14H21N3O2/c1-12-5-6-13(11-15)14(17-12)16-7-3-4-8-19-10-9-18-2/h5-6H,3-4,7-10H2,1-2H3,(H,16,17). The maximum absolute atomic E-state index is 8.97. The zero-order valence-corrected chi connectivity index (χ0v) is 11.6. The number of hydrogen-bond acceptors (Lipinski definition) is 5. The van der Waals surface area contributed by atoms with Crippen molar-refractivity contribution in [3.05, 3.63) is 23.4 Å². The minimum atomic E-state index is 0.585. The first kappa shape index (κ1) is 15.4. The molecule has 0 aliphatic rings. The summed E-state index contributed by atoms with van der Waals surface area (Å²) in [7, 11) is 1.66. The lowest BCUT2D eigenvalue weighted by molar-refractivity contribution is 0.0691. The Labute approximate surface area is 114 Å². The number of nitriles is 1. The van der Waals surface area contributed by atoms with Gasteiger partial charge in [0.05, 0.1) is 18.8 Å². The maximum Gasteiger partial charge on any atom is 0.144 e. The van der Waals surface area contributed by atoms with Gasteiger partial charge in [-0.2, -0.15) is 5.26 Å². The van der Waals surface area contributed by atoms with Crippen LogP contribution in [-0.2, 0) is 9.47 Å². The van der Waals surface area contributed by atoms with E-state index in [1.807, 2.05) is 13.0 Å². The van der Waals surface area contributed by atoms with Crippen molar-refractivity contribution in [1.29, 1.82) is 5.26 Å². The van der Waals surface area contributed by atoms with Crippen LogP contribution in [0.2, 0.25) is 0 Å². The lowest BCUT2D eigenvalue weighted by atomic mass is 10.2. The van der Waals surface area contributed by atoms with Gasteiger partial charge in [-0.15, -0.1) is 0 Å². The van der Waals surface area contributed by atoms with Gasteiger partial charge in [0.2, 0.25) is 0 Å². The van der Waals surface area contributed by atoms with Crippen LogP contribution in [0.5, 0.6) is 0 Å². The number of ether oxygens (including phenoxy) is 2. The van der Waals surface area contributed by atoms with E-state index in [4.69, 9.17) is 14.7 Å². The van der Waals surface area contributed by atoms with Crippen LogP contribution in [0.3, 0.4) is 0 Å². The molecule has 1 heterocycles. The predicted molar refractivity (Wildman–Crippen MR) is 74.1 cm³/mol. The van der Waals surface area contributed by atoms with Gasteiger partial charge in [0, 0.05) is 26.0 Å². The van der Waals surface area contributed by atoms with E-state index < -0.39 is 0 Å². The first-order valence-corrected chi connectivity index (χ1v) is 6.46. The number of nitrogens with one attached hydrogen (secondary N) is 1. The number of unbranched alkanes of at least 4 members (excludes halogenated alkanes) is 1. The molecule has 1 aromatic heterocycles. The molecule has 5 heteroatoms. The summed E-state index contributed by atoms with van der Waals surface area (Å²) in [6.07, 6.45) is 1.96. The van der Waals surface area contributed by atoms with E-state index >= 15 is 0 Å². The second-order valence-electron chi connectivity index (χ2n) is 4.20. The van der Waals surface area contributed by atoms with Gasteiger partial charge in [0.15, 0.2) is 0 Å². The summed E-state index contributed by atoms with van der Waals surface area (Å²) < 4.78 is 10.3. The van der Waals surface area contributed by atoms with Gasteiger partial charge in [-0.3, -0.25) is 0 Å². The third kappa shape index (κ3) is 6.18. The molecular formula is C14H21N3O2. The summed E-state index contributed by atoms with van der Waals surface area (Å²) in [4.78, 5) is 4.32. The van der Waals surface area contributed by atoms with Crippen molar-refractivity contribution in [2.24, 2.45) is 0 Å². The molecule has 0 saturated carbocycles. The van der Waals surface area contributed by atoms with Crippen molar-refractivity contribution in [2.45, 2.75) is 19.8 Å². The van der Waals surface area contributed by atoms with Crippen LogP contribution in [0.15, 0.2) is 12.1 Å². The highest BCUT2D eigenvalue weighted by Crippen LogP contribution is 2.12. The summed E-state index contributed by atoms with van der Waals surface area (Å²) in [5, 5.41) is 12.2. The minimum Gasteiger partial charge on any atom is -0.382 e. The monoisotopic (exact) mass is 263 g/mol. The van der Waals surface area contributed by atoms with Gasteiger partial charge in [-0.05, 0) is 31.9 Å². The van der Waals surface area contributed by atoms with Gasteiger partial charge < -0.3 is 14.8 Å². The molecule has 1 N–H and O–H groups in total. The minimum absolute atomic E-state index is 0.585. The molecule has 0 spiro atoms. The number of aromatic nitrogens is 1. The number of nitrogens with zero attached hydrogens (tertiary/aromatic N) is 2. The second kappa shape index (κ2) is 9.31. The normalized spacial score (nSPS) is 10.2. The van der Waals surface area contributed by atoms with Gasteiger partial charge in [0.1, 0.15) is 11.9 Å². The van der Waals surface area contributed by atoms with Crippen LogP contribution in [-0.4, -0.2) is 38.5 Å². The molecule has 104 valence electrons. The number of hydrogen-bond donors (Lipinski definition) is 1. The number of rotatable bonds is 9. The summed E-state index contributed by atoms with van der Waals surface area (Å²) >= 11 is 0. The van der Waals surface area contributed by atoms with E-state index in [9.17, 15) is 0 Å². The Balaban J connectivity index is 2.19. The molecule has 0 bridgehead atoms. The molecule has 0 aliphatic heterocycles. The van der Waals surface area contributed by atoms with Crippen molar-refractivity contribution in [2.75, 3.05) is 38.8 Å². The summed E-state index contributed by atoms with van der Waals surface area (Å²) in [6, 6.07) is 5.77. The van der Waals surface area contributed by atoms with E-state index in [0.29, 0.717) is 24.6 Å². The molecule has 1 rings (SSSR count). The Bertz CT molecular complexity index is 416. The van der Waals surface area contributed by atoms with Crippen LogP contribution in [0.25, 0.3) is 0 Å².